The second kappa shape index (κ2) is 9.11. The number of benzene rings is 1. The van der Waals surface area contributed by atoms with Gasteiger partial charge in [0.15, 0.2) is 5.16 Å². The Hall–Kier alpha value is -2.85. The molecule has 0 saturated carbocycles. The van der Waals surface area contributed by atoms with Gasteiger partial charge in [0.2, 0.25) is 5.91 Å². The highest BCUT2D eigenvalue weighted by atomic mass is 32.2. The molecule has 8 nitrogen and oxygen atoms in total. The number of rotatable bonds is 6. The summed E-state index contributed by atoms with van der Waals surface area (Å²) in [4.78, 5) is 43.2. The highest BCUT2D eigenvalue weighted by molar-refractivity contribution is 7.99. The highest BCUT2D eigenvalue weighted by Crippen LogP contribution is 2.35. The lowest BCUT2D eigenvalue weighted by atomic mass is 9.97. The van der Waals surface area contributed by atoms with Gasteiger partial charge in [-0.25, -0.2) is 9.78 Å². The van der Waals surface area contributed by atoms with Crippen LogP contribution in [0.25, 0.3) is 15.9 Å². The van der Waals surface area contributed by atoms with E-state index in [2.05, 4.69) is 0 Å². The summed E-state index contributed by atoms with van der Waals surface area (Å²) in [6, 6.07) is 6.28. The topological polar surface area (TPSA) is 116 Å². The number of aryl methyl sites for hydroxylation is 2. The maximum Gasteiger partial charge on any atom is 0.318 e. The van der Waals surface area contributed by atoms with Crippen molar-refractivity contribution in [3.8, 4) is 11.4 Å². The molecule has 3 aromatic rings. The number of urea groups is 1. The number of carbonyl (C=O) groups excluding carboxylic acids is 2. The quantitative estimate of drug-likeness (QED) is 0.433. The first-order chi connectivity index (χ1) is 15.0. The summed E-state index contributed by atoms with van der Waals surface area (Å²) in [5.74, 6) is 0.0649. The van der Waals surface area contributed by atoms with Crippen molar-refractivity contribution in [2.75, 3.05) is 12.4 Å². The largest absolute Gasteiger partial charge is 0.494 e. The molecule has 0 radical (unpaired) electrons. The first kappa shape index (κ1) is 21.4. The van der Waals surface area contributed by atoms with Crippen LogP contribution in [0.15, 0.2) is 34.2 Å². The van der Waals surface area contributed by atoms with Crippen molar-refractivity contribution < 1.29 is 14.3 Å². The van der Waals surface area contributed by atoms with Gasteiger partial charge in [-0.15, -0.1) is 11.3 Å². The second-order valence-electron chi connectivity index (χ2n) is 7.05. The lowest BCUT2D eigenvalue weighted by Gasteiger charge is -2.14. The maximum absolute atomic E-state index is 13.6. The molecule has 0 fully saturated rings. The normalized spacial score (nSPS) is 13.1. The molecule has 162 valence electrons. The van der Waals surface area contributed by atoms with Gasteiger partial charge in [-0.2, -0.15) is 0 Å². The standard InChI is InChI=1S/C21H22N4O4S2/c1-2-29-13-9-7-12(8-10-13)25-19(27)17-14-5-3-4-6-15(14)31-18(17)24-21(25)30-11-16(26)23-20(22)28/h7-10H,2-6,11H2,1H3,(H3,22,23,26,28). The Morgan fingerprint density at radius 3 is 2.71 bits per heavy atom. The van der Waals surface area contributed by atoms with Gasteiger partial charge in [-0.3, -0.25) is 19.5 Å². The van der Waals surface area contributed by atoms with E-state index in [0.717, 1.165) is 43.0 Å². The van der Waals surface area contributed by atoms with Crippen LogP contribution in [0.1, 0.15) is 30.2 Å². The maximum atomic E-state index is 13.6. The van der Waals surface area contributed by atoms with Crippen LogP contribution in [0, 0.1) is 0 Å². The van der Waals surface area contributed by atoms with Crippen molar-refractivity contribution in [3.63, 3.8) is 0 Å². The number of fused-ring (bicyclic) bond motifs is 3. The Bertz CT molecular complexity index is 1200. The number of carbonyl (C=O) groups is 2. The monoisotopic (exact) mass is 458 g/mol. The molecule has 0 unspecified atom stereocenters. The molecular weight excluding hydrogens is 436 g/mol. The fourth-order valence-corrected chi connectivity index (χ4v) is 5.79. The smallest absolute Gasteiger partial charge is 0.318 e. The minimum Gasteiger partial charge on any atom is -0.494 e. The molecule has 0 spiro atoms. The molecule has 4 rings (SSSR count). The number of hydrogen-bond donors (Lipinski definition) is 2. The fraction of sp³-hybridized carbons (Fsp3) is 0.333. The number of imide groups is 1. The molecule has 1 aliphatic carbocycles. The third kappa shape index (κ3) is 4.45. The summed E-state index contributed by atoms with van der Waals surface area (Å²) < 4.78 is 7.03. The summed E-state index contributed by atoms with van der Waals surface area (Å²) in [7, 11) is 0. The number of nitrogens with two attached hydrogens (primary N) is 1. The Morgan fingerprint density at radius 1 is 1.26 bits per heavy atom. The lowest BCUT2D eigenvalue weighted by Crippen LogP contribution is -2.36. The zero-order valence-corrected chi connectivity index (χ0v) is 18.6. The van der Waals surface area contributed by atoms with Crippen molar-refractivity contribution >= 4 is 45.3 Å². The van der Waals surface area contributed by atoms with E-state index in [1.165, 1.54) is 9.44 Å². The van der Waals surface area contributed by atoms with Crippen LogP contribution in [-0.2, 0) is 17.6 Å². The molecule has 3 N–H and O–H groups in total. The summed E-state index contributed by atoms with van der Waals surface area (Å²) in [5, 5.41) is 3.09. The Labute approximate surface area is 186 Å². The molecule has 3 amide bonds. The molecule has 1 aromatic carbocycles. The molecule has 31 heavy (non-hydrogen) atoms. The molecule has 0 saturated heterocycles. The molecule has 2 heterocycles. The summed E-state index contributed by atoms with van der Waals surface area (Å²) in [6.07, 6.45) is 4.01. The van der Waals surface area contributed by atoms with Crippen LogP contribution >= 0.6 is 23.1 Å². The molecule has 1 aliphatic rings. The van der Waals surface area contributed by atoms with Crippen molar-refractivity contribution in [2.24, 2.45) is 5.73 Å². The van der Waals surface area contributed by atoms with E-state index < -0.39 is 11.9 Å². The fourth-order valence-electron chi connectivity index (χ4n) is 3.67. The zero-order chi connectivity index (χ0) is 22.0. The van der Waals surface area contributed by atoms with Gasteiger partial charge in [0, 0.05) is 4.88 Å². The Balaban J connectivity index is 1.81. The summed E-state index contributed by atoms with van der Waals surface area (Å²) >= 11 is 2.64. The van der Waals surface area contributed by atoms with Crippen LogP contribution < -0.4 is 21.3 Å². The van der Waals surface area contributed by atoms with E-state index >= 15 is 0 Å². The number of aromatic nitrogens is 2. The second-order valence-corrected chi connectivity index (χ2v) is 9.08. The minimum absolute atomic E-state index is 0.0942. The van der Waals surface area contributed by atoms with Crippen molar-refractivity contribution in [1.82, 2.24) is 14.9 Å². The average Bonchev–Trinajstić information content (AvgIpc) is 3.11. The van der Waals surface area contributed by atoms with Crippen LogP contribution in [-0.4, -0.2) is 33.8 Å². The van der Waals surface area contributed by atoms with Gasteiger partial charge in [-0.1, -0.05) is 11.8 Å². The number of ether oxygens (including phenoxy) is 1. The van der Waals surface area contributed by atoms with E-state index in [9.17, 15) is 14.4 Å². The highest BCUT2D eigenvalue weighted by Gasteiger charge is 2.23. The predicted molar refractivity (Wildman–Crippen MR) is 121 cm³/mol. The van der Waals surface area contributed by atoms with Gasteiger partial charge in [0.25, 0.3) is 5.56 Å². The van der Waals surface area contributed by atoms with Crippen LogP contribution in [0.2, 0.25) is 0 Å². The van der Waals surface area contributed by atoms with Crippen LogP contribution in [0.5, 0.6) is 5.75 Å². The molecule has 0 aliphatic heterocycles. The van der Waals surface area contributed by atoms with Crippen molar-refractivity contribution in [1.29, 1.82) is 0 Å². The van der Waals surface area contributed by atoms with E-state index in [4.69, 9.17) is 15.5 Å². The van der Waals surface area contributed by atoms with E-state index in [0.29, 0.717) is 33.4 Å². The Kier molecular flexibility index (Phi) is 6.28. The number of nitrogens with zero attached hydrogens (tertiary/aromatic N) is 2. The molecule has 0 bridgehead atoms. The number of thioether (sulfide) groups is 1. The van der Waals surface area contributed by atoms with Gasteiger partial charge in [0.1, 0.15) is 10.6 Å². The van der Waals surface area contributed by atoms with Gasteiger partial charge in [-0.05, 0) is 62.4 Å². The number of thiophene rings is 1. The predicted octanol–water partition coefficient (Wildman–Crippen LogP) is 3.01. The van der Waals surface area contributed by atoms with Crippen molar-refractivity contribution in [3.05, 3.63) is 45.1 Å². The number of nitrogens with one attached hydrogen (secondary N) is 1. The minimum atomic E-state index is -0.913. The molecule has 10 heteroatoms. The SMILES string of the molecule is CCOc1ccc(-n2c(SCC(=O)NC(N)=O)nc3sc4c(c3c2=O)CCCC4)cc1. The molecule has 2 aromatic heterocycles. The van der Waals surface area contributed by atoms with Crippen molar-refractivity contribution in [2.45, 2.75) is 37.8 Å². The molecule has 0 atom stereocenters. The summed E-state index contributed by atoms with van der Waals surface area (Å²) in [6.45, 7) is 2.45. The number of primary amides is 1. The molecular formula is C21H22N4O4S2. The number of hydrogen-bond acceptors (Lipinski definition) is 7. The van der Waals surface area contributed by atoms with Crippen LogP contribution in [0.4, 0.5) is 4.79 Å². The Morgan fingerprint density at radius 2 is 2.00 bits per heavy atom. The first-order valence-corrected chi connectivity index (χ1v) is 11.8. The first-order valence-electron chi connectivity index (χ1n) is 10.0. The average molecular weight is 459 g/mol. The van der Waals surface area contributed by atoms with E-state index in [1.807, 2.05) is 12.2 Å². The summed E-state index contributed by atoms with van der Waals surface area (Å²) in [5.41, 5.74) is 6.61. The van der Waals surface area contributed by atoms with Crippen LogP contribution in [0.3, 0.4) is 0 Å². The van der Waals surface area contributed by atoms with Gasteiger partial charge < -0.3 is 10.5 Å². The van der Waals surface area contributed by atoms with E-state index in [-0.39, 0.29) is 11.3 Å². The zero-order valence-electron chi connectivity index (χ0n) is 17.0. The lowest BCUT2D eigenvalue weighted by molar-refractivity contribution is -0.117. The van der Waals surface area contributed by atoms with Gasteiger partial charge >= 0.3 is 6.03 Å². The third-order valence-corrected chi connectivity index (χ3v) is 7.08. The van der Waals surface area contributed by atoms with Gasteiger partial charge in [0.05, 0.1) is 23.4 Å². The third-order valence-electron chi connectivity index (χ3n) is 4.96. The number of amides is 3. The van der Waals surface area contributed by atoms with E-state index in [1.54, 1.807) is 35.6 Å².